The van der Waals surface area contributed by atoms with Crippen LogP contribution in [-0.4, -0.2) is 24.9 Å². The van der Waals surface area contributed by atoms with Gasteiger partial charge >= 0.3 is 0 Å². The number of fused-ring (bicyclic) bond motifs is 1. The third-order valence-corrected chi connectivity index (χ3v) is 4.58. The van der Waals surface area contributed by atoms with E-state index in [1.807, 2.05) is 0 Å². The highest BCUT2D eigenvalue weighted by Gasteiger charge is 2.06. The lowest BCUT2D eigenvalue weighted by molar-refractivity contribution is 0.573. The lowest BCUT2D eigenvalue weighted by atomic mass is 10.0. The molecule has 0 fully saturated rings. The van der Waals surface area contributed by atoms with Gasteiger partial charge < -0.3 is 0 Å². The number of hydrogen-bond donors (Lipinski definition) is 2. The Morgan fingerprint density at radius 3 is 2.42 bits per heavy atom. The van der Waals surface area contributed by atoms with Gasteiger partial charge in [-0.2, -0.15) is 8.42 Å². The largest absolute Gasteiger partial charge is 0.274 e. The number of nitrogens with zero attached hydrogens (tertiary/aromatic N) is 2. The maximum absolute atomic E-state index is 10.7. The molecule has 0 aliphatic heterocycles. The molecule has 0 aliphatic rings. The number of nitrogens with one attached hydrogen (secondary N) is 1. The van der Waals surface area contributed by atoms with Crippen LogP contribution >= 0.6 is 12.4 Å². The van der Waals surface area contributed by atoms with Gasteiger partial charge in [-0.25, -0.2) is 19.8 Å². The fourth-order valence-corrected chi connectivity index (χ4v) is 2.98. The number of aryl methyl sites for hydroxylation is 3. The van der Waals surface area contributed by atoms with Gasteiger partial charge in [0.25, 0.3) is 10.2 Å². The maximum atomic E-state index is 10.7. The van der Waals surface area contributed by atoms with Gasteiger partial charge in [0.1, 0.15) is 6.33 Å². The Balaban J connectivity index is 0.00000288. The number of nitrogens with two attached hydrogens (primary N) is 1. The molecule has 0 saturated heterocycles. The van der Waals surface area contributed by atoms with E-state index in [0.717, 1.165) is 48.7 Å². The van der Waals surface area contributed by atoms with E-state index in [2.05, 4.69) is 40.7 Å². The highest BCUT2D eigenvalue weighted by molar-refractivity contribution is 7.87. The fourth-order valence-electron chi connectivity index (χ4n) is 2.55. The van der Waals surface area contributed by atoms with Crippen molar-refractivity contribution in [2.75, 3.05) is 6.54 Å². The summed E-state index contributed by atoms with van der Waals surface area (Å²) >= 11 is 0. The van der Waals surface area contributed by atoms with Gasteiger partial charge in [-0.05, 0) is 56.4 Å². The van der Waals surface area contributed by atoms with Crippen LogP contribution in [0.15, 0.2) is 18.5 Å². The van der Waals surface area contributed by atoms with Crippen molar-refractivity contribution in [2.45, 2.75) is 46.0 Å². The molecule has 0 radical (unpaired) electrons. The minimum atomic E-state index is -3.56. The number of halogens is 1. The van der Waals surface area contributed by atoms with Crippen LogP contribution in [0.4, 0.5) is 0 Å². The fraction of sp³-hybridized carbons (Fsp3) is 0.500. The number of aromatic nitrogens is 2. The standard InChI is InChI=1S/C16H24N4O2S.ClH/c1-12-9-14-15(18-11-19-16(14)10-13(12)2)7-5-3-4-6-8-20-23(17,21)22;/h9-11,20H,3-8H2,1-2H3,(H2,17,21,22);1H. The molecule has 24 heavy (non-hydrogen) atoms. The first-order valence-corrected chi connectivity index (χ1v) is 9.39. The Labute approximate surface area is 149 Å². The molecule has 134 valence electrons. The number of benzene rings is 1. The first-order chi connectivity index (χ1) is 10.9. The third kappa shape index (κ3) is 6.32. The van der Waals surface area contributed by atoms with Crippen LogP contribution in [0.2, 0.25) is 0 Å². The van der Waals surface area contributed by atoms with Crippen LogP contribution < -0.4 is 9.86 Å². The van der Waals surface area contributed by atoms with Gasteiger partial charge in [-0.3, -0.25) is 0 Å². The van der Waals surface area contributed by atoms with E-state index < -0.39 is 10.2 Å². The highest BCUT2D eigenvalue weighted by atomic mass is 35.5. The Morgan fingerprint density at radius 1 is 1.04 bits per heavy atom. The molecule has 0 amide bonds. The molecule has 2 rings (SSSR count). The molecule has 3 N–H and O–H groups in total. The van der Waals surface area contributed by atoms with Crippen molar-refractivity contribution in [3.8, 4) is 0 Å². The van der Waals surface area contributed by atoms with Crippen LogP contribution in [0, 0.1) is 13.8 Å². The molecule has 1 aromatic carbocycles. The van der Waals surface area contributed by atoms with Crippen LogP contribution in [0.5, 0.6) is 0 Å². The lowest BCUT2D eigenvalue weighted by Gasteiger charge is -2.08. The van der Waals surface area contributed by atoms with Crippen molar-refractivity contribution in [1.82, 2.24) is 14.7 Å². The van der Waals surface area contributed by atoms with Gasteiger partial charge in [0.05, 0.1) is 11.2 Å². The summed E-state index contributed by atoms with van der Waals surface area (Å²) < 4.78 is 23.8. The van der Waals surface area contributed by atoms with Crippen molar-refractivity contribution >= 4 is 33.5 Å². The minimum absolute atomic E-state index is 0. The second kappa shape index (κ2) is 9.27. The topological polar surface area (TPSA) is 98.0 Å². The summed E-state index contributed by atoms with van der Waals surface area (Å²) in [6.45, 7) is 4.59. The van der Waals surface area contributed by atoms with E-state index in [-0.39, 0.29) is 12.4 Å². The molecule has 0 spiro atoms. The Morgan fingerprint density at radius 2 is 1.71 bits per heavy atom. The zero-order chi connectivity index (χ0) is 16.9. The van der Waals surface area contributed by atoms with Gasteiger partial charge in [0.2, 0.25) is 0 Å². The first-order valence-electron chi connectivity index (χ1n) is 7.85. The average molecular weight is 373 g/mol. The summed E-state index contributed by atoms with van der Waals surface area (Å²) in [6, 6.07) is 4.27. The number of rotatable bonds is 8. The van der Waals surface area contributed by atoms with Gasteiger partial charge in [0, 0.05) is 11.9 Å². The maximum Gasteiger partial charge on any atom is 0.274 e. The zero-order valence-electron chi connectivity index (χ0n) is 14.1. The van der Waals surface area contributed by atoms with Crippen molar-refractivity contribution in [3.63, 3.8) is 0 Å². The Bertz CT molecular complexity index is 781. The Hall–Kier alpha value is -1.28. The van der Waals surface area contributed by atoms with Crippen molar-refractivity contribution < 1.29 is 8.42 Å². The molecule has 0 aliphatic carbocycles. The summed E-state index contributed by atoms with van der Waals surface area (Å²) in [5.41, 5.74) is 4.57. The van der Waals surface area contributed by atoms with E-state index in [1.165, 1.54) is 11.1 Å². The first kappa shape index (κ1) is 20.8. The predicted octanol–water partition coefficient (Wildman–Crippen LogP) is 2.56. The van der Waals surface area contributed by atoms with Crippen LogP contribution in [0.1, 0.15) is 42.5 Å². The molecule has 8 heteroatoms. The normalized spacial score (nSPS) is 11.5. The zero-order valence-corrected chi connectivity index (χ0v) is 15.7. The molecular weight excluding hydrogens is 348 g/mol. The summed E-state index contributed by atoms with van der Waals surface area (Å²) in [4.78, 5) is 8.77. The summed E-state index contributed by atoms with van der Waals surface area (Å²) in [5.74, 6) is 0. The van der Waals surface area contributed by atoms with Crippen molar-refractivity contribution in [3.05, 3.63) is 35.3 Å². The van der Waals surface area contributed by atoms with Gasteiger partial charge in [-0.15, -0.1) is 12.4 Å². The van der Waals surface area contributed by atoms with E-state index >= 15 is 0 Å². The molecule has 0 unspecified atom stereocenters. The van der Waals surface area contributed by atoms with E-state index in [0.29, 0.717) is 6.54 Å². The summed E-state index contributed by atoms with van der Waals surface area (Å²) in [5, 5.41) is 6.01. The third-order valence-electron chi connectivity index (χ3n) is 3.98. The second-order valence-electron chi connectivity index (χ2n) is 5.88. The van der Waals surface area contributed by atoms with Crippen molar-refractivity contribution in [2.24, 2.45) is 5.14 Å². The minimum Gasteiger partial charge on any atom is -0.241 e. The van der Waals surface area contributed by atoms with E-state index in [9.17, 15) is 8.42 Å². The number of hydrogen-bond acceptors (Lipinski definition) is 4. The molecule has 2 aromatic rings. The second-order valence-corrected chi connectivity index (χ2v) is 7.26. The smallest absolute Gasteiger partial charge is 0.241 e. The molecule has 0 saturated carbocycles. The van der Waals surface area contributed by atoms with Crippen molar-refractivity contribution in [1.29, 1.82) is 0 Å². The molecule has 1 heterocycles. The molecule has 0 bridgehead atoms. The molecule has 1 aromatic heterocycles. The highest BCUT2D eigenvalue weighted by Crippen LogP contribution is 2.21. The molecule has 0 atom stereocenters. The van der Waals surface area contributed by atoms with Crippen LogP contribution in [0.25, 0.3) is 10.9 Å². The van der Waals surface area contributed by atoms with Gasteiger partial charge in [-0.1, -0.05) is 12.8 Å². The summed E-state index contributed by atoms with van der Waals surface area (Å²) in [7, 11) is -3.56. The van der Waals surface area contributed by atoms with Crippen LogP contribution in [-0.2, 0) is 16.6 Å². The lowest BCUT2D eigenvalue weighted by Crippen LogP contribution is -2.31. The molecular formula is C16H25ClN4O2S. The predicted molar refractivity (Wildman–Crippen MR) is 99.5 cm³/mol. The number of unbranched alkanes of at least 4 members (excludes halogenated alkanes) is 3. The van der Waals surface area contributed by atoms with Crippen LogP contribution in [0.3, 0.4) is 0 Å². The monoisotopic (exact) mass is 372 g/mol. The van der Waals surface area contributed by atoms with Gasteiger partial charge in [0.15, 0.2) is 0 Å². The Kier molecular flexibility index (Phi) is 8.02. The average Bonchev–Trinajstić information content (AvgIpc) is 2.47. The molecule has 6 nitrogen and oxygen atoms in total. The quantitative estimate of drug-likeness (QED) is 0.695. The van der Waals surface area contributed by atoms with E-state index in [1.54, 1.807) is 6.33 Å². The SMILES string of the molecule is Cc1cc2ncnc(CCCCCCNS(N)(=O)=O)c2cc1C.Cl. The summed E-state index contributed by atoms with van der Waals surface area (Å²) in [6.07, 6.45) is 6.34. The van der Waals surface area contributed by atoms with E-state index in [4.69, 9.17) is 5.14 Å².